The minimum absolute atomic E-state index is 0.146. The highest BCUT2D eigenvalue weighted by molar-refractivity contribution is 5.94. The lowest BCUT2D eigenvalue weighted by molar-refractivity contribution is -0.116. The standard InChI is InChI=1S/C15H15N3O3/c1-8-16-14-13(15(20)17-8)11(7-12(19)18-14)9-4-3-5-10(6-9)21-2/h3-6,11H,7H2,1-2H3,(H2,16,17,18,19,20)/t11-/m1/s1. The summed E-state index contributed by atoms with van der Waals surface area (Å²) in [5.74, 6) is 1.05. The maximum absolute atomic E-state index is 12.3. The van der Waals surface area contributed by atoms with Crippen LogP contribution in [0.15, 0.2) is 29.1 Å². The smallest absolute Gasteiger partial charge is 0.256 e. The molecule has 0 radical (unpaired) electrons. The number of nitrogens with one attached hydrogen (secondary N) is 2. The molecule has 2 N–H and O–H groups in total. The van der Waals surface area contributed by atoms with Gasteiger partial charge in [0.1, 0.15) is 17.4 Å². The van der Waals surface area contributed by atoms with Gasteiger partial charge in [0.05, 0.1) is 12.7 Å². The molecule has 0 fully saturated rings. The van der Waals surface area contributed by atoms with Crippen LogP contribution in [-0.4, -0.2) is 23.0 Å². The van der Waals surface area contributed by atoms with E-state index in [1.165, 1.54) is 0 Å². The number of carbonyl (C=O) groups excluding carboxylic acids is 1. The van der Waals surface area contributed by atoms with E-state index in [1.807, 2.05) is 24.3 Å². The molecular formula is C15H15N3O3. The molecule has 0 bridgehead atoms. The van der Waals surface area contributed by atoms with Crippen LogP contribution in [0.5, 0.6) is 5.75 Å². The molecule has 1 aliphatic rings. The van der Waals surface area contributed by atoms with Crippen LogP contribution in [0, 0.1) is 6.92 Å². The Morgan fingerprint density at radius 2 is 2.14 bits per heavy atom. The van der Waals surface area contributed by atoms with Gasteiger partial charge in [0.2, 0.25) is 5.91 Å². The fraction of sp³-hybridized carbons (Fsp3) is 0.267. The number of hydrogen-bond donors (Lipinski definition) is 2. The summed E-state index contributed by atoms with van der Waals surface area (Å²) in [6.45, 7) is 1.68. The van der Waals surface area contributed by atoms with Gasteiger partial charge in [-0.15, -0.1) is 0 Å². The number of methoxy groups -OCH3 is 1. The fourth-order valence-electron chi connectivity index (χ4n) is 2.63. The first-order valence-electron chi connectivity index (χ1n) is 6.63. The van der Waals surface area contributed by atoms with Gasteiger partial charge in [0, 0.05) is 12.3 Å². The fourth-order valence-corrected chi connectivity index (χ4v) is 2.63. The molecule has 0 aliphatic carbocycles. The van der Waals surface area contributed by atoms with Gasteiger partial charge in [-0.2, -0.15) is 0 Å². The Balaban J connectivity index is 2.16. The number of carbonyl (C=O) groups is 1. The van der Waals surface area contributed by atoms with E-state index < -0.39 is 0 Å². The normalized spacial score (nSPS) is 17.0. The maximum Gasteiger partial charge on any atom is 0.256 e. The Bertz CT molecular complexity index is 767. The summed E-state index contributed by atoms with van der Waals surface area (Å²) in [7, 11) is 1.58. The predicted octanol–water partition coefficient (Wildman–Crippen LogP) is 1.56. The Morgan fingerprint density at radius 1 is 1.33 bits per heavy atom. The van der Waals surface area contributed by atoms with Crippen LogP contribution in [0.4, 0.5) is 5.82 Å². The lowest BCUT2D eigenvalue weighted by Gasteiger charge is -2.24. The SMILES string of the molecule is COc1cccc([C@H]2CC(=O)Nc3nc(C)[nH]c(=O)c32)c1. The summed E-state index contributed by atoms with van der Waals surface area (Å²) in [6.07, 6.45) is 0.216. The van der Waals surface area contributed by atoms with E-state index in [2.05, 4.69) is 15.3 Å². The highest BCUT2D eigenvalue weighted by atomic mass is 16.5. The van der Waals surface area contributed by atoms with E-state index in [0.29, 0.717) is 23.0 Å². The number of aryl methyl sites for hydroxylation is 1. The number of H-pyrrole nitrogens is 1. The molecule has 1 amide bonds. The molecule has 6 nitrogen and oxygen atoms in total. The number of hydrogen-bond acceptors (Lipinski definition) is 4. The van der Waals surface area contributed by atoms with E-state index in [-0.39, 0.29) is 23.8 Å². The highest BCUT2D eigenvalue weighted by Gasteiger charge is 2.30. The number of rotatable bonds is 2. The van der Waals surface area contributed by atoms with Crippen molar-refractivity contribution in [1.82, 2.24) is 9.97 Å². The van der Waals surface area contributed by atoms with E-state index in [1.54, 1.807) is 14.0 Å². The van der Waals surface area contributed by atoms with Crippen LogP contribution in [-0.2, 0) is 4.79 Å². The molecule has 0 saturated carbocycles. The maximum atomic E-state index is 12.3. The zero-order valence-electron chi connectivity index (χ0n) is 11.8. The molecular weight excluding hydrogens is 270 g/mol. The van der Waals surface area contributed by atoms with Crippen molar-refractivity contribution in [3.63, 3.8) is 0 Å². The molecule has 0 spiro atoms. The van der Waals surface area contributed by atoms with E-state index in [4.69, 9.17) is 4.74 Å². The number of aromatic nitrogens is 2. The van der Waals surface area contributed by atoms with Crippen LogP contribution >= 0.6 is 0 Å². The molecule has 21 heavy (non-hydrogen) atoms. The van der Waals surface area contributed by atoms with Gasteiger partial charge in [-0.05, 0) is 24.6 Å². The molecule has 2 aromatic rings. The predicted molar refractivity (Wildman–Crippen MR) is 77.7 cm³/mol. The third kappa shape index (κ3) is 2.40. The first-order valence-corrected chi connectivity index (χ1v) is 6.63. The van der Waals surface area contributed by atoms with Gasteiger partial charge in [-0.1, -0.05) is 12.1 Å². The second-order valence-electron chi connectivity index (χ2n) is 5.00. The van der Waals surface area contributed by atoms with Gasteiger partial charge in [-0.3, -0.25) is 9.59 Å². The van der Waals surface area contributed by atoms with Gasteiger partial charge in [-0.25, -0.2) is 4.98 Å². The quantitative estimate of drug-likeness (QED) is 0.877. The summed E-state index contributed by atoms with van der Waals surface area (Å²) in [5, 5.41) is 2.67. The van der Waals surface area contributed by atoms with Gasteiger partial charge >= 0.3 is 0 Å². The number of anilines is 1. The molecule has 1 aromatic heterocycles. The molecule has 0 unspecified atom stereocenters. The summed E-state index contributed by atoms with van der Waals surface area (Å²) in [6, 6.07) is 7.39. The monoisotopic (exact) mass is 285 g/mol. The second-order valence-corrected chi connectivity index (χ2v) is 5.00. The Morgan fingerprint density at radius 3 is 2.90 bits per heavy atom. The van der Waals surface area contributed by atoms with Crippen molar-refractivity contribution in [1.29, 1.82) is 0 Å². The number of fused-ring (bicyclic) bond motifs is 1. The summed E-state index contributed by atoms with van der Waals surface area (Å²) >= 11 is 0. The zero-order chi connectivity index (χ0) is 15.0. The molecule has 1 atom stereocenters. The van der Waals surface area contributed by atoms with Crippen molar-refractivity contribution in [3.05, 3.63) is 51.6 Å². The van der Waals surface area contributed by atoms with Crippen molar-refractivity contribution in [3.8, 4) is 5.75 Å². The summed E-state index contributed by atoms with van der Waals surface area (Å²) in [5.41, 5.74) is 1.14. The average Bonchev–Trinajstić information content (AvgIpc) is 2.45. The number of aromatic amines is 1. The summed E-state index contributed by atoms with van der Waals surface area (Å²) in [4.78, 5) is 31.1. The first-order chi connectivity index (χ1) is 10.1. The molecule has 6 heteroatoms. The molecule has 3 rings (SSSR count). The zero-order valence-corrected chi connectivity index (χ0v) is 11.8. The minimum atomic E-state index is -0.319. The Hall–Kier alpha value is -2.63. The second kappa shape index (κ2) is 5.05. The molecule has 0 saturated heterocycles. The Labute approximate surface area is 121 Å². The number of ether oxygens (including phenoxy) is 1. The highest BCUT2D eigenvalue weighted by Crippen LogP contribution is 2.34. The van der Waals surface area contributed by atoms with Crippen molar-refractivity contribution in [2.24, 2.45) is 0 Å². The van der Waals surface area contributed by atoms with E-state index >= 15 is 0 Å². The van der Waals surface area contributed by atoms with E-state index in [9.17, 15) is 9.59 Å². The van der Waals surface area contributed by atoms with Gasteiger partial charge < -0.3 is 15.0 Å². The van der Waals surface area contributed by atoms with Crippen molar-refractivity contribution >= 4 is 11.7 Å². The topological polar surface area (TPSA) is 84.1 Å². The summed E-state index contributed by atoms with van der Waals surface area (Å²) < 4.78 is 5.21. The lowest BCUT2D eigenvalue weighted by atomic mass is 9.87. The van der Waals surface area contributed by atoms with Crippen molar-refractivity contribution in [2.75, 3.05) is 12.4 Å². The third-order valence-electron chi connectivity index (χ3n) is 3.57. The third-order valence-corrected chi connectivity index (χ3v) is 3.57. The molecule has 1 aromatic carbocycles. The molecule has 2 heterocycles. The van der Waals surface area contributed by atoms with Crippen LogP contribution in [0.3, 0.4) is 0 Å². The van der Waals surface area contributed by atoms with Crippen molar-refractivity contribution in [2.45, 2.75) is 19.3 Å². The number of nitrogens with zero attached hydrogens (tertiary/aromatic N) is 1. The molecule has 1 aliphatic heterocycles. The van der Waals surface area contributed by atoms with Crippen LogP contribution in [0.2, 0.25) is 0 Å². The van der Waals surface area contributed by atoms with Crippen LogP contribution in [0.1, 0.15) is 29.3 Å². The first kappa shape index (κ1) is 13.4. The number of benzene rings is 1. The number of amides is 1. The largest absolute Gasteiger partial charge is 0.497 e. The van der Waals surface area contributed by atoms with Crippen LogP contribution < -0.4 is 15.6 Å². The minimum Gasteiger partial charge on any atom is -0.497 e. The van der Waals surface area contributed by atoms with E-state index in [0.717, 1.165) is 5.56 Å². The lowest BCUT2D eigenvalue weighted by Crippen LogP contribution is -2.31. The van der Waals surface area contributed by atoms with Gasteiger partial charge in [0.25, 0.3) is 5.56 Å². The van der Waals surface area contributed by atoms with Gasteiger partial charge in [0.15, 0.2) is 0 Å². The molecule has 108 valence electrons. The Kier molecular flexibility index (Phi) is 3.21. The average molecular weight is 285 g/mol. The van der Waals surface area contributed by atoms with Crippen LogP contribution in [0.25, 0.3) is 0 Å². The van der Waals surface area contributed by atoms with Crippen molar-refractivity contribution < 1.29 is 9.53 Å².